The molecule has 0 saturated carbocycles. The topological polar surface area (TPSA) is 118 Å². The zero-order valence-electron chi connectivity index (χ0n) is 14.7. The number of hydrogen-bond donors (Lipinski definition) is 2. The van der Waals surface area contributed by atoms with E-state index >= 15 is 0 Å². The number of phenols is 1. The smallest absolute Gasteiger partial charge is 0.339 e. The average molecular weight is 430 g/mol. The Kier molecular flexibility index (Phi) is 4.45. The number of rotatable bonds is 4. The van der Waals surface area contributed by atoms with Crippen LogP contribution in [0.2, 0.25) is 0 Å². The molecule has 0 saturated heterocycles. The molecule has 4 rings (SSSR count). The van der Waals surface area contributed by atoms with Gasteiger partial charge in [-0.25, -0.2) is 0 Å². The minimum Gasteiger partial charge on any atom is -0.507 e. The fourth-order valence-corrected chi connectivity index (χ4v) is 4.80. The first-order valence-corrected chi connectivity index (χ1v) is 11.2. The second-order valence-electron chi connectivity index (χ2n) is 6.28. The van der Waals surface area contributed by atoms with Crippen molar-refractivity contribution in [2.24, 2.45) is 0 Å². The van der Waals surface area contributed by atoms with Crippen molar-refractivity contribution < 1.29 is 30.7 Å². The Morgan fingerprint density at radius 3 is 2.14 bits per heavy atom. The maximum absolute atomic E-state index is 13.0. The highest BCUT2D eigenvalue weighted by Gasteiger charge is 2.23. The van der Waals surface area contributed by atoms with Crippen LogP contribution in [0.1, 0.15) is 0 Å². The summed E-state index contributed by atoms with van der Waals surface area (Å²) in [5.74, 6) is -0.328. The number of aromatic hydroxyl groups is 1. The predicted octanol–water partition coefficient (Wildman–Crippen LogP) is 3.71. The third kappa shape index (κ3) is 3.51. The lowest BCUT2D eigenvalue weighted by molar-refractivity contribution is 0.477. The molecule has 0 amide bonds. The Hall–Kier alpha value is -3.14. The Bertz CT molecular complexity index is 1470. The third-order valence-electron chi connectivity index (χ3n) is 4.42. The van der Waals surface area contributed by atoms with Gasteiger partial charge in [-0.3, -0.25) is 4.55 Å². The summed E-state index contributed by atoms with van der Waals surface area (Å²) in [6, 6.07) is 17.4. The third-order valence-corrected chi connectivity index (χ3v) is 6.55. The van der Waals surface area contributed by atoms with Crippen molar-refractivity contribution in [1.82, 2.24) is 0 Å². The van der Waals surface area contributed by atoms with Crippen LogP contribution in [-0.2, 0) is 20.2 Å². The SMILES string of the molecule is O=S(=O)(O)c1cc(OS(=O)(=O)c2cccc3c(O)cccc23)c2ccccc2c1. The molecule has 2 N–H and O–H groups in total. The van der Waals surface area contributed by atoms with Gasteiger partial charge in [-0.2, -0.15) is 16.8 Å². The first-order valence-electron chi connectivity index (χ1n) is 8.32. The largest absolute Gasteiger partial charge is 0.507 e. The molecule has 0 radical (unpaired) electrons. The first kappa shape index (κ1) is 19.2. The molecule has 4 aromatic rings. The molecule has 0 aliphatic rings. The van der Waals surface area contributed by atoms with Gasteiger partial charge in [0.15, 0.2) is 5.75 Å². The molecule has 29 heavy (non-hydrogen) atoms. The maximum Gasteiger partial charge on any atom is 0.339 e. The molecule has 4 aromatic carbocycles. The van der Waals surface area contributed by atoms with Gasteiger partial charge in [0.2, 0.25) is 0 Å². The zero-order valence-corrected chi connectivity index (χ0v) is 16.3. The Morgan fingerprint density at radius 1 is 0.724 bits per heavy atom. The van der Waals surface area contributed by atoms with Crippen LogP contribution in [0.5, 0.6) is 11.5 Å². The van der Waals surface area contributed by atoms with E-state index in [4.69, 9.17) is 4.18 Å². The summed E-state index contributed by atoms with van der Waals surface area (Å²) in [6.45, 7) is 0. The number of phenolic OH excluding ortho intramolecular Hbond substituents is 1. The summed E-state index contributed by atoms with van der Waals surface area (Å²) in [5, 5.41) is 11.3. The van der Waals surface area contributed by atoms with E-state index in [0.717, 1.165) is 6.07 Å². The van der Waals surface area contributed by atoms with E-state index < -0.39 is 25.1 Å². The number of fused-ring (bicyclic) bond motifs is 2. The zero-order chi connectivity index (χ0) is 20.8. The average Bonchev–Trinajstić information content (AvgIpc) is 2.67. The minimum atomic E-state index is -4.59. The molecular weight excluding hydrogens is 416 g/mol. The molecule has 0 atom stereocenters. The van der Waals surface area contributed by atoms with Gasteiger partial charge in [-0.05, 0) is 23.6 Å². The molecule has 7 nitrogen and oxygen atoms in total. The molecule has 0 spiro atoms. The van der Waals surface area contributed by atoms with Crippen molar-refractivity contribution in [3.8, 4) is 11.5 Å². The van der Waals surface area contributed by atoms with Crippen molar-refractivity contribution in [2.75, 3.05) is 0 Å². The normalized spacial score (nSPS) is 12.3. The van der Waals surface area contributed by atoms with E-state index in [2.05, 4.69) is 0 Å². The van der Waals surface area contributed by atoms with E-state index in [0.29, 0.717) is 16.2 Å². The van der Waals surface area contributed by atoms with Crippen LogP contribution >= 0.6 is 0 Å². The Balaban J connectivity index is 1.92. The fourth-order valence-electron chi connectivity index (χ4n) is 3.11. The summed E-state index contributed by atoms with van der Waals surface area (Å²) in [6.07, 6.45) is 0. The van der Waals surface area contributed by atoms with Gasteiger partial charge in [0, 0.05) is 22.2 Å². The number of benzene rings is 4. The van der Waals surface area contributed by atoms with Crippen LogP contribution in [0.15, 0.2) is 82.6 Å². The lowest BCUT2D eigenvalue weighted by atomic mass is 10.1. The lowest BCUT2D eigenvalue weighted by Crippen LogP contribution is -2.11. The van der Waals surface area contributed by atoms with Crippen LogP contribution in [0.4, 0.5) is 0 Å². The summed E-state index contributed by atoms with van der Waals surface area (Å²) < 4.78 is 63.9. The molecule has 0 heterocycles. The van der Waals surface area contributed by atoms with E-state index in [1.807, 2.05) is 0 Å². The highest BCUT2D eigenvalue weighted by atomic mass is 32.2. The van der Waals surface area contributed by atoms with Gasteiger partial charge in [-0.15, -0.1) is 0 Å². The molecule has 0 fully saturated rings. The summed E-state index contributed by atoms with van der Waals surface area (Å²) >= 11 is 0. The summed E-state index contributed by atoms with van der Waals surface area (Å²) in [4.78, 5) is -0.677. The van der Waals surface area contributed by atoms with Crippen molar-refractivity contribution in [3.63, 3.8) is 0 Å². The van der Waals surface area contributed by atoms with Gasteiger partial charge in [0.05, 0.1) is 4.90 Å². The number of hydrogen-bond acceptors (Lipinski definition) is 6. The van der Waals surface area contributed by atoms with E-state index in [1.165, 1.54) is 36.4 Å². The van der Waals surface area contributed by atoms with E-state index in [-0.39, 0.29) is 21.8 Å². The second-order valence-corrected chi connectivity index (χ2v) is 9.22. The highest BCUT2D eigenvalue weighted by molar-refractivity contribution is 7.87. The summed E-state index contributed by atoms with van der Waals surface area (Å²) in [7, 11) is -8.98. The molecule has 0 aromatic heterocycles. The standard InChI is InChI=1S/C20H14O7S2/c21-18-9-3-8-17-16(18)7-4-10-20(17)29(25,26)27-19-12-14(28(22,23)24)11-13-5-1-2-6-15(13)19/h1-12,21H,(H,22,23,24). The van der Waals surface area contributed by atoms with Crippen molar-refractivity contribution in [2.45, 2.75) is 9.79 Å². The van der Waals surface area contributed by atoms with Crippen molar-refractivity contribution in [3.05, 3.63) is 72.8 Å². The quantitative estimate of drug-likeness (QED) is 0.374. The molecule has 148 valence electrons. The van der Waals surface area contributed by atoms with Crippen molar-refractivity contribution in [1.29, 1.82) is 0 Å². The molecule has 9 heteroatoms. The molecule has 0 aliphatic carbocycles. The van der Waals surface area contributed by atoms with Gasteiger partial charge in [-0.1, -0.05) is 48.5 Å². The maximum atomic E-state index is 13.0. The first-order chi connectivity index (χ1) is 13.7. The predicted molar refractivity (Wildman–Crippen MR) is 107 cm³/mol. The van der Waals surface area contributed by atoms with Gasteiger partial charge in [0.25, 0.3) is 10.1 Å². The van der Waals surface area contributed by atoms with E-state index in [9.17, 15) is 26.5 Å². The second kappa shape index (κ2) is 6.73. The molecule has 0 unspecified atom stereocenters. The Labute approximate surface area is 166 Å². The van der Waals surface area contributed by atoms with Crippen molar-refractivity contribution >= 4 is 41.8 Å². The van der Waals surface area contributed by atoms with Gasteiger partial charge < -0.3 is 9.29 Å². The monoisotopic (exact) mass is 430 g/mol. The van der Waals surface area contributed by atoms with Crippen LogP contribution in [0.3, 0.4) is 0 Å². The lowest BCUT2D eigenvalue weighted by Gasteiger charge is -2.13. The Morgan fingerprint density at radius 2 is 1.38 bits per heavy atom. The summed E-state index contributed by atoms with van der Waals surface area (Å²) in [5.41, 5.74) is 0. The fraction of sp³-hybridized carbons (Fsp3) is 0. The molecular formula is C20H14O7S2. The van der Waals surface area contributed by atoms with Crippen LogP contribution < -0.4 is 4.18 Å². The van der Waals surface area contributed by atoms with Crippen LogP contribution in [-0.4, -0.2) is 26.5 Å². The van der Waals surface area contributed by atoms with Crippen LogP contribution in [0.25, 0.3) is 21.5 Å². The van der Waals surface area contributed by atoms with Gasteiger partial charge >= 0.3 is 10.1 Å². The highest BCUT2D eigenvalue weighted by Crippen LogP contribution is 2.34. The molecule has 0 aliphatic heterocycles. The minimum absolute atomic E-state index is 0.0848. The van der Waals surface area contributed by atoms with E-state index in [1.54, 1.807) is 30.3 Å². The van der Waals surface area contributed by atoms with Crippen LogP contribution in [0, 0.1) is 0 Å². The molecule has 0 bridgehead atoms. The van der Waals surface area contributed by atoms with Gasteiger partial charge in [0.1, 0.15) is 10.6 Å².